The van der Waals surface area contributed by atoms with Gasteiger partial charge in [-0.15, -0.1) is 13.2 Å². The molecular formula is C10H27NSi4. The number of nitrogens with zero attached hydrogens (tertiary/aromatic N) is 1. The zero-order chi connectivity index (χ0) is 11.7. The molecule has 0 aromatic heterocycles. The third-order valence-electron chi connectivity index (χ3n) is 3.12. The van der Waals surface area contributed by atoms with Crippen LogP contribution in [0.25, 0.3) is 0 Å². The van der Waals surface area contributed by atoms with E-state index in [-0.39, 0.29) is 9.20 Å². The van der Waals surface area contributed by atoms with Gasteiger partial charge in [0.15, 0.2) is 0 Å². The minimum Gasteiger partial charge on any atom is -0.380 e. The monoisotopic (exact) mass is 273 g/mol. The van der Waals surface area contributed by atoms with Crippen LogP contribution in [0, 0.1) is 0 Å². The van der Waals surface area contributed by atoms with Crippen LogP contribution in [0.1, 0.15) is 13.8 Å². The normalized spacial score (nSPS) is 15.9. The lowest BCUT2D eigenvalue weighted by Gasteiger charge is -2.35. The van der Waals surface area contributed by atoms with Crippen LogP contribution >= 0.6 is 0 Å². The number of hydrogen-bond donors (Lipinski definition) is 0. The molecule has 0 saturated heterocycles. The van der Waals surface area contributed by atoms with E-state index in [0.29, 0.717) is 0 Å². The molecule has 0 aliphatic heterocycles. The lowest BCUT2D eigenvalue weighted by atomic mass is 10.8. The highest BCUT2D eigenvalue weighted by molar-refractivity contribution is 6.99. The molecule has 0 saturated carbocycles. The van der Waals surface area contributed by atoms with Crippen molar-refractivity contribution in [1.29, 1.82) is 0 Å². The Hall–Kier alpha value is 0.308. The standard InChI is InChI=1S/C10H27NSi4/c1-5-9-14(7-3)11(13-12)15(8-4)10-6-2/h5-6,14-15H,1-2,7-10,13H2,3-4,12H3. The van der Waals surface area contributed by atoms with Gasteiger partial charge in [0.2, 0.25) is 0 Å². The fourth-order valence-electron chi connectivity index (χ4n) is 2.27. The quantitative estimate of drug-likeness (QED) is 0.437. The van der Waals surface area contributed by atoms with E-state index in [1.807, 2.05) is 0 Å². The second kappa shape index (κ2) is 9.53. The highest BCUT2D eigenvalue weighted by Gasteiger charge is 2.22. The maximum absolute atomic E-state index is 3.93. The smallest absolute Gasteiger partial charge is 0.101 e. The predicted molar refractivity (Wildman–Crippen MR) is 85.6 cm³/mol. The van der Waals surface area contributed by atoms with Gasteiger partial charge < -0.3 is 3.90 Å². The average Bonchev–Trinajstić information content (AvgIpc) is 2.27. The van der Waals surface area contributed by atoms with E-state index in [1.165, 1.54) is 33.9 Å². The maximum atomic E-state index is 3.93. The Kier molecular flexibility index (Phi) is 9.72. The first-order valence-electron chi connectivity index (χ1n) is 6.22. The zero-order valence-corrected chi connectivity index (χ0v) is 16.4. The summed E-state index contributed by atoms with van der Waals surface area (Å²) in [6, 6.07) is 5.52. The molecule has 2 unspecified atom stereocenters. The van der Waals surface area contributed by atoms with Gasteiger partial charge >= 0.3 is 0 Å². The van der Waals surface area contributed by atoms with E-state index in [4.69, 9.17) is 0 Å². The van der Waals surface area contributed by atoms with Crippen molar-refractivity contribution in [3.63, 3.8) is 0 Å². The van der Waals surface area contributed by atoms with Crippen molar-refractivity contribution < 1.29 is 0 Å². The van der Waals surface area contributed by atoms with Crippen LogP contribution in [0.4, 0.5) is 0 Å². The molecule has 0 amide bonds. The van der Waals surface area contributed by atoms with Gasteiger partial charge in [0.05, 0.1) is 9.20 Å². The molecule has 0 bridgehead atoms. The van der Waals surface area contributed by atoms with E-state index in [1.54, 1.807) is 0 Å². The van der Waals surface area contributed by atoms with Crippen LogP contribution in [0.2, 0.25) is 24.2 Å². The fraction of sp³-hybridized carbons (Fsp3) is 0.600. The van der Waals surface area contributed by atoms with Crippen LogP contribution in [0.15, 0.2) is 25.3 Å². The van der Waals surface area contributed by atoms with Gasteiger partial charge in [-0.05, 0) is 12.1 Å². The SMILES string of the molecule is C=CC[SiH](CC)N([SiH2][SiH3])[SiH](CC)CC=C. The molecule has 0 rings (SSSR count). The number of allylic oxidation sites excluding steroid dienone is 2. The molecule has 88 valence electrons. The van der Waals surface area contributed by atoms with Gasteiger partial charge in [-0.25, -0.2) is 0 Å². The summed E-state index contributed by atoms with van der Waals surface area (Å²) in [6.07, 6.45) is 4.32. The van der Waals surface area contributed by atoms with Crippen LogP contribution in [0.3, 0.4) is 0 Å². The third-order valence-corrected chi connectivity index (χ3v) is 23.8. The van der Waals surface area contributed by atoms with Crippen molar-refractivity contribution in [3.05, 3.63) is 25.3 Å². The predicted octanol–water partition coefficient (Wildman–Crippen LogP) is 0.512. The summed E-state index contributed by atoms with van der Waals surface area (Å²) in [4.78, 5) is 0. The Balaban J connectivity index is 4.50. The Labute approximate surface area is 104 Å². The second-order valence-electron chi connectivity index (χ2n) is 4.00. The van der Waals surface area contributed by atoms with Crippen molar-refractivity contribution >= 4 is 36.9 Å². The van der Waals surface area contributed by atoms with E-state index < -0.39 is 17.9 Å². The van der Waals surface area contributed by atoms with Crippen molar-refractivity contribution in [1.82, 2.24) is 3.90 Å². The van der Waals surface area contributed by atoms with E-state index in [9.17, 15) is 0 Å². The molecule has 0 aromatic carbocycles. The van der Waals surface area contributed by atoms with Crippen molar-refractivity contribution in [2.75, 3.05) is 0 Å². The average molecular weight is 274 g/mol. The zero-order valence-electron chi connectivity index (χ0n) is 10.7. The van der Waals surface area contributed by atoms with Crippen LogP contribution in [-0.4, -0.2) is 40.8 Å². The van der Waals surface area contributed by atoms with Crippen molar-refractivity contribution in [3.8, 4) is 0 Å². The van der Waals surface area contributed by atoms with Gasteiger partial charge in [0, 0.05) is 9.76 Å². The molecule has 1 nitrogen and oxygen atoms in total. The van der Waals surface area contributed by atoms with Gasteiger partial charge in [0.25, 0.3) is 0 Å². The largest absolute Gasteiger partial charge is 0.380 e. The van der Waals surface area contributed by atoms with Crippen molar-refractivity contribution in [2.24, 2.45) is 0 Å². The van der Waals surface area contributed by atoms with Crippen LogP contribution < -0.4 is 0 Å². The first kappa shape index (κ1) is 15.3. The van der Waals surface area contributed by atoms with Crippen molar-refractivity contribution in [2.45, 2.75) is 38.0 Å². The Bertz CT molecular complexity index is 168. The highest BCUT2D eigenvalue weighted by atomic mass is 29.1. The van der Waals surface area contributed by atoms with Gasteiger partial charge in [-0.1, -0.05) is 38.1 Å². The Morgan fingerprint density at radius 1 is 1.13 bits per heavy atom. The molecule has 0 aromatic rings. The van der Waals surface area contributed by atoms with E-state index in [2.05, 4.69) is 43.1 Å². The molecule has 0 radical (unpaired) electrons. The summed E-state index contributed by atoms with van der Waals surface area (Å²) >= 11 is 0. The minimum atomic E-state index is -0.609. The third kappa shape index (κ3) is 5.26. The number of hydrogen-bond acceptors (Lipinski definition) is 1. The Morgan fingerprint density at radius 3 is 1.73 bits per heavy atom. The fourth-order valence-corrected chi connectivity index (χ4v) is 25.4. The first-order valence-corrected chi connectivity index (χ1v) is 16.8. The summed E-state index contributed by atoms with van der Waals surface area (Å²) in [5.41, 5.74) is 0. The van der Waals surface area contributed by atoms with Gasteiger partial charge in [0.1, 0.15) is 17.9 Å². The Morgan fingerprint density at radius 2 is 1.53 bits per heavy atom. The highest BCUT2D eigenvalue weighted by Crippen LogP contribution is 2.13. The molecular weight excluding hydrogens is 246 g/mol. The molecule has 0 aliphatic rings. The lowest BCUT2D eigenvalue weighted by molar-refractivity contribution is 0.972. The van der Waals surface area contributed by atoms with E-state index in [0.717, 1.165) is 0 Å². The molecule has 0 aliphatic carbocycles. The first-order chi connectivity index (χ1) is 7.24. The molecule has 0 heterocycles. The molecule has 0 fully saturated rings. The summed E-state index contributed by atoms with van der Waals surface area (Å²) in [7, 11) is 0.409. The molecule has 0 spiro atoms. The van der Waals surface area contributed by atoms with Crippen LogP contribution in [0.5, 0.6) is 0 Å². The molecule has 0 N–H and O–H groups in total. The second-order valence-corrected chi connectivity index (χ2v) is 15.8. The molecule has 5 heteroatoms. The summed E-state index contributed by atoms with van der Waals surface area (Å²) in [5, 5.41) is 0. The minimum absolute atomic E-state index is 0.171. The number of rotatable bonds is 9. The van der Waals surface area contributed by atoms with Crippen LogP contribution in [-0.2, 0) is 0 Å². The summed E-state index contributed by atoms with van der Waals surface area (Å²) in [6.45, 7) is 12.6. The topological polar surface area (TPSA) is 3.24 Å². The summed E-state index contributed by atoms with van der Waals surface area (Å²) < 4.78 is 3.08. The van der Waals surface area contributed by atoms with Gasteiger partial charge in [-0.3, -0.25) is 0 Å². The molecule has 2 atom stereocenters. The van der Waals surface area contributed by atoms with Gasteiger partial charge in [-0.2, -0.15) is 0 Å². The van der Waals surface area contributed by atoms with E-state index >= 15 is 0 Å². The summed E-state index contributed by atoms with van der Waals surface area (Å²) in [5.74, 6) is 0. The lowest BCUT2D eigenvalue weighted by Crippen LogP contribution is -2.50. The maximum Gasteiger partial charge on any atom is 0.101 e. The molecule has 15 heavy (non-hydrogen) atoms.